The molecular weight excluding hydrogens is 358 g/mol. The van der Waals surface area contributed by atoms with Crippen LogP contribution in [0.5, 0.6) is 0 Å². The number of amides is 2. The van der Waals surface area contributed by atoms with Gasteiger partial charge in [-0.2, -0.15) is 0 Å². The van der Waals surface area contributed by atoms with Crippen molar-refractivity contribution in [2.24, 2.45) is 0 Å². The molecule has 3 N–H and O–H groups in total. The lowest BCUT2D eigenvalue weighted by Gasteiger charge is -2.19. The molecule has 0 aliphatic heterocycles. The number of hydrazine groups is 1. The Kier molecular flexibility index (Phi) is 6.13. The van der Waals surface area contributed by atoms with Crippen LogP contribution in [0.25, 0.3) is 10.9 Å². The fourth-order valence-corrected chi connectivity index (χ4v) is 2.73. The van der Waals surface area contributed by atoms with E-state index in [4.69, 9.17) is 0 Å². The minimum Gasteiger partial charge on any atom is -0.309 e. The SMILES string of the molecule is CCN(CC(=O)NNC(=O)c1ccccc1)Cc1nc2ccccc2c(=O)[nH]1. The van der Waals surface area contributed by atoms with E-state index in [0.717, 1.165) is 0 Å². The van der Waals surface area contributed by atoms with Crippen molar-refractivity contribution in [3.8, 4) is 0 Å². The van der Waals surface area contributed by atoms with Crippen molar-refractivity contribution in [3.63, 3.8) is 0 Å². The lowest BCUT2D eigenvalue weighted by molar-refractivity contribution is -0.123. The monoisotopic (exact) mass is 379 g/mol. The molecule has 2 amide bonds. The van der Waals surface area contributed by atoms with E-state index >= 15 is 0 Å². The summed E-state index contributed by atoms with van der Waals surface area (Å²) < 4.78 is 0. The Hall–Kier alpha value is -3.52. The maximum atomic E-state index is 12.2. The zero-order valence-corrected chi connectivity index (χ0v) is 15.4. The van der Waals surface area contributed by atoms with Crippen molar-refractivity contribution < 1.29 is 9.59 Å². The molecule has 2 aromatic carbocycles. The summed E-state index contributed by atoms with van der Waals surface area (Å²) >= 11 is 0. The van der Waals surface area contributed by atoms with Crippen LogP contribution in [-0.2, 0) is 11.3 Å². The first-order chi connectivity index (χ1) is 13.6. The van der Waals surface area contributed by atoms with Crippen LogP contribution < -0.4 is 16.4 Å². The number of likely N-dealkylation sites (N-methyl/N-ethyl adjacent to an activating group) is 1. The zero-order chi connectivity index (χ0) is 19.9. The number of hydrogen-bond donors (Lipinski definition) is 3. The van der Waals surface area contributed by atoms with Crippen molar-refractivity contribution in [2.75, 3.05) is 13.1 Å². The number of carbonyl (C=O) groups is 2. The number of para-hydroxylation sites is 1. The fourth-order valence-electron chi connectivity index (χ4n) is 2.73. The molecule has 28 heavy (non-hydrogen) atoms. The summed E-state index contributed by atoms with van der Waals surface area (Å²) in [7, 11) is 0. The Morgan fingerprint density at radius 1 is 1.04 bits per heavy atom. The zero-order valence-electron chi connectivity index (χ0n) is 15.4. The second-order valence-electron chi connectivity index (χ2n) is 6.20. The molecular formula is C20H21N5O3. The van der Waals surface area contributed by atoms with Crippen LogP contribution in [0.15, 0.2) is 59.4 Å². The normalized spacial score (nSPS) is 10.8. The van der Waals surface area contributed by atoms with Crippen molar-refractivity contribution in [2.45, 2.75) is 13.5 Å². The number of benzene rings is 2. The highest BCUT2D eigenvalue weighted by Gasteiger charge is 2.13. The predicted molar refractivity (Wildman–Crippen MR) is 105 cm³/mol. The topological polar surface area (TPSA) is 107 Å². The molecule has 0 radical (unpaired) electrons. The van der Waals surface area contributed by atoms with Gasteiger partial charge >= 0.3 is 0 Å². The van der Waals surface area contributed by atoms with E-state index < -0.39 is 5.91 Å². The quantitative estimate of drug-likeness (QED) is 0.558. The van der Waals surface area contributed by atoms with Gasteiger partial charge in [-0.3, -0.25) is 30.1 Å². The average Bonchev–Trinajstić information content (AvgIpc) is 2.72. The van der Waals surface area contributed by atoms with Gasteiger partial charge in [0, 0.05) is 5.56 Å². The highest BCUT2D eigenvalue weighted by Crippen LogP contribution is 2.07. The Labute approximate surface area is 161 Å². The molecule has 0 aliphatic rings. The van der Waals surface area contributed by atoms with Gasteiger partial charge in [-0.15, -0.1) is 0 Å². The van der Waals surface area contributed by atoms with Gasteiger partial charge in [0.25, 0.3) is 17.4 Å². The molecule has 144 valence electrons. The predicted octanol–water partition coefficient (Wildman–Crippen LogP) is 1.21. The summed E-state index contributed by atoms with van der Waals surface area (Å²) in [6.45, 7) is 2.81. The van der Waals surface area contributed by atoms with Gasteiger partial charge in [0.2, 0.25) is 0 Å². The van der Waals surface area contributed by atoms with Crippen LogP contribution in [0, 0.1) is 0 Å². The van der Waals surface area contributed by atoms with Gasteiger partial charge in [-0.1, -0.05) is 37.3 Å². The molecule has 3 aromatic rings. The minimum atomic E-state index is -0.391. The van der Waals surface area contributed by atoms with E-state index in [1.165, 1.54) is 0 Å². The van der Waals surface area contributed by atoms with Crippen molar-refractivity contribution in [1.29, 1.82) is 0 Å². The number of carbonyl (C=O) groups excluding carboxylic acids is 2. The van der Waals surface area contributed by atoms with Crippen LogP contribution in [0.2, 0.25) is 0 Å². The minimum absolute atomic E-state index is 0.0438. The molecule has 1 aromatic heterocycles. The number of aromatic amines is 1. The summed E-state index contributed by atoms with van der Waals surface area (Å²) in [5.41, 5.74) is 5.64. The first-order valence-electron chi connectivity index (χ1n) is 8.91. The number of H-pyrrole nitrogens is 1. The van der Waals surface area contributed by atoms with Crippen molar-refractivity contribution in [3.05, 3.63) is 76.3 Å². The lowest BCUT2D eigenvalue weighted by atomic mass is 10.2. The summed E-state index contributed by atoms with van der Waals surface area (Å²) in [6, 6.07) is 15.7. The number of nitrogens with one attached hydrogen (secondary N) is 3. The molecule has 0 atom stereocenters. The van der Waals surface area contributed by atoms with Crippen LogP contribution in [0.3, 0.4) is 0 Å². The maximum Gasteiger partial charge on any atom is 0.269 e. The van der Waals surface area contributed by atoms with Crippen LogP contribution >= 0.6 is 0 Å². The summed E-state index contributed by atoms with van der Waals surface area (Å²) in [5.74, 6) is -0.279. The largest absolute Gasteiger partial charge is 0.309 e. The summed E-state index contributed by atoms with van der Waals surface area (Å²) in [4.78, 5) is 45.3. The summed E-state index contributed by atoms with van der Waals surface area (Å²) in [6.07, 6.45) is 0. The van der Waals surface area contributed by atoms with E-state index in [1.54, 1.807) is 53.4 Å². The molecule has 0 aliphatic carbocycles. The highest BCUT2D eigenvalue weighted by molar-refractivity contribution is 5.95. The number of nitrogens with zero attached hydrogens (tertiary/aromatic N) is 2. The van der Waals surface area contributed by atoms with E-state index in [0.29, 0.717) is 35.4 Å². The molecule has 0 fully saturated rings. The van der Waals surface area contributed by atoms with Crippen molar-refractivity contribution >= 4 is 22.7 Å². The van der Waals surface area contributed by atoms with Gasteiger partial charge in [0.15, 0.2) is 0 Å². The first-order valence-corrected chi connectivity index (χ1v) is 8.91. The molecule has 0 bridgehead atoms. The maximum absolute atomic E-state index is 12.2. The third-order valence-corrected chi connectivity index (χ3v) is 4.20. The number of fused-ring (bicyclic) bond motifs is 1. The third-order valence-electron chi connectivity index (χ3n) is 4.20. The first kappa shape index (κ1) is 19.2. The highest BCUT2D eigenvalue weighted by atomic mass is 16.2. The van der Waals surface area contributed by atoms with Crippen LogP contribution in [-0.4, -0.2) is 39.8 Å². The van der Waals surface area contributed by atoms with Crippen molar-refractivity contribution in [1.82, 2.24) is 25.7 Å². The van der Waals surface area contributed by atoms with Crippen LogP contribution in [0.1, 0.15) is 23.1 Å². The van der Waals surface area contributed by atoms with Gasteiger partial charge in [-0.25, -0.2) is 4.98 Å². The Morgan fingerprint density at radius 2 is 1.75 bits per heavy atom. The number of hydrogen-bond acceptors (Lipinski definition) is 5. The van der Waals surface area contributed by atoms with Gasteiger partial charge in [-0.05, 0) is 30.8 Å². The molecule has 1 heterocycles. The lowest BCUT2D eigenvalue weighted by Crippen LogP contribution is -2.46. The van der Waals surface area contributed by atoms with E-state index in [-0.39, 0.29) is 18.0 Å². The molecule has 0 saturated carbocycles. The van der Waals surface area contributed by atoms with Gasteiger partial charge < -0.3 is 4.98 Å². The third kappa shape index (κ3) is 4.80. The second kappa shape index (κ2) is 8.92. The molecule has 0 saturated heterocycles. The van der Waals surface area contributed by atoms with Crippen LogP contribution in [0.4, 0.5) is 0 Å². The fraction of sp³-hybridized carbons (Fsp3) is 0.200. The molecule has 8 nitrogen and oxygen atoms in total. The Morgan fingerprint density at radius 3 is 2.50 bits per heavy atom. The van der Waals surface area contributed by atoms with E-state index in [9.17, 15) is 14.4 Å². The average molecular weight is 379 g/mol. The molecule has 3 rings (SSSR count). The standard InChI is InChI=1S/C20H21N5O3/c1-2-25(12-17-21-16-11-7-6-10-15(16)20(28)22-17)13-18(26)23-24-19(27)14-8-4-3-5-9-14/h3-11H,2,12-13H2,1H3,(H,23,26)(H,24,27)(H,21,22,28). The number of aromatic nitrogens is 2. The Bertz CT molecular complexity index is 1030. The summed E-state index contributed by atoms with van der Waals surface area (Å²) in [5, 5.41) is 0.524. The Balaban J connectivity index is 1.59. The molecule has 8 heteroatoms. The van der Waals surface area contributed by atoms with Gasteiger partial charge in [0.1, 0.15) is 5.82 Å². The van der Waals surface area contributed by atoms with E-state index in [1.807, 2.05) is 13.0 Å². The number of rotatable bonds is 6. The van der Waals surface area contributed by atoms with E-state index in [2.05, 4.69) is 20.8 Å². The smallest absolute Gasteiger partial charge is 0.269 e. The second-order valence-corrected chi connectivity index (χ2v) is 6.20. The van der Waals surface area contributed by atoms with Gasteiger partial charge in [0.05, 0.1) is 24.0 Å². The molecule has 0 spiro atoms. The molecule has 0 unspecified atom stereocenters.